The highest BCUT2D eigenvalue weighted by molar-refractivity contribution is 7.80. The molecule has 0 spiro atoms. The van der Waals surface area contributed by atoms with Gasteiger partial charge in [0.05, 0.1) is 5.56 Å². The van der Waals surface area contributed by atoms with Gasteiger partial charge in [-0.1, -0.05) is 51.1 Å². The predicted molar refractivity (Wildman–Crippen MR) is 132 cm³/mol. The Morgan fingerprint density at radius 2 is 1.94 bits per heavy atom. The van der Waals surface area contributed by atoms with Gasteiger partial charge in [0.25, 0.3) is 5.91 Å². The summed E-state index contributed by atoms with van der Waals surface area (Å²) in [4.78, 5) is 13.9. The quantitative estimate of drug-likeness (QED) is 0.469. The lowest BCUT2D eigenvalue weighted by Crippen LogP contribution is -2.34. The molecule has 0 saturated carbocycles. The second-order valence-corrected chi connectivity index (χ2v) is 10.6. The van der Waals surface area contributed by atoms with E-state index in [1.165, 1.54) is 4.88 Å². The number of carbonyl (C=O) groups is 1. The van der Waals surface area contributed by atoms with Crippen molar-refractivity contribution in [3.8, 4) is 6.07 Å². The van der Waals surface area contributed by atoms with Crippen LogP contribution in [0.2, 0.25) is 0 Å². The normalized spacial score (nSPS) is 15.7. The van der Waals surface area contributed by atoms with Gasteiger partial charge >= 0.3 is 0 Å². The molecule has 1 aliphatic rings. The molecule has 0 fully saturated rings. The number of benzene rings is 2. The first kappa shape index (κ1) is 21.5. The zero-order valence-electron chi connectivity index (χ0n) is 17.9. The van der Waals surface area contributed by atoms with E-state index in [4.69, 9.17) is 12.2 Å². The number of nitriles is 1. The molecule has 3 aromatic rings. The summed E-state index contributed by atoms with van der Waals surface area (Å²) in [5.74, 6) is 0.327. The molecule has 0 radical (unpaired) electrons. The molecule has 1 heterocycles. The van der Waals surface area contributed by atoms with Crippen LogP contribution >= 0.6 is 23.6 Å². The van der Waals surface area contributed by atoms with Crippen LogP contribution < -0.4 is 10.6 Å². The van der Waals surface area contributed by atoms with Crippen molar-refractivity contribution in [1.29, 1.82) is 5.26 Å². The van der Waals surface area contributed by atoms with Crippen molar-refractivity contribution in [1.82, 2.24) is 5.32 Å². The van der Waals surface area contributed by atoms with Gasteiger partial charge in [-0.05, 0) is 71.3 Å². The lowest BCUT2D eigenvalue weighted by molar-refractivity contribution is 0.0978. The van der Waals surface area contributed by atoms with E-state index in [1.807, 2.05) is 36.4 Å². The average Bonchev–Trinajstić information content (AvgIpc) is 3.08. The minimum atomic E-state index is -0.268. The summed E-state index contributed by atoms with van der Waals surface area (Å²) in [7, 11) is 0. The van der Waals surface area contributed by atoms with Gasteiger partial charge in [0.15, 0.2) is 5.11 Å². The molecule has 1 aromatic heterocycles. The number of rotatable bonds is 2. The molecule has 2 N–H and O–H groups in total. The molecule has 31 heavy (non-hydrogen) atoms. The highest BCUT2D eigenvalue weighted by Crippen LogP contribution is 2.43. The number of carbonyl (C=O) groups excluding carboxylic acids is 1. The zero-order chi connectivity index (χ0) is 22.2. The number of hydrogen-bond donors (Lipinski definition) is 2. The number of thiophene rings is 1. The van der Waals surface area contributed by atoms with Gasteiger partial charge in [0.2, 0.25) is 0 Å². The first-order valence-corrected chi connectivity index (χ1v) is 11.6. The smallest absolute Gasteiger partial charge is 0.257 e. The third-order valence-electron chi connectivity index (χ3n) is 6.07. The maximum atomic E-state index is 12.7. The first-order valence-electron chi connectivity index (χ1n) is 10.4. The third-order valence-corrected chi connectivity index (χ3v) is 7.44. The fourth-order valence-electron chi connectivity index (χ4n) is 4.17. The molecule has 1 aliphatic carbocycles. The van der Waals surface area contributed by atoms with Gasteiger partial charge in [0, 0.05) is 10.4 Å². The van der Waals surface area contributed by atoms with Crippen molar-refractivity contribution in [2.24, 2.45) is 11.3 Å². The summed E-state index contributed by atoms with van der Waals surface area (Å²) in [6, 6.07) is 15.8. The van der Waals surface area contributed by atoms with Crippen LogP contribution in [-0.2, 0) is 12.8 Å². The molecular weight excluding hydrogens is 422 g/mol. The molecular formula is C25H25N3OS2. The molecule has 0 unspecified atom stereocenters. The number of hydrogen-bond acceptors (Lipinski definition) is 4. The first-order chi connectivity index (χ1) is 14.8. The standard InChI is InChI=1S/C25H25N3OS2/c1-25(2,3)18-10-11-19-20(14-26)23(31-21(19)13-18)28-24(30)27-22(29)17-9-8-15-6-4-5-7-16(15)12-17/h4-9,12,18H,10-11,13H2,1-3H3,(H2,27,28,29,30)/t18-/m1/s1. The number of nitrogens with zero attached hydrogens (tertiary/aromatic N) is 1. The van der Waals surface area contributed by atoms with Crippen LogP contribution in [0.4, 0.5) is 5.00 Å². The summed E-state index contributed by atoms with van der Waals surface area (Å²) >= 11 is 6.98. The third kappa shape index (κ3) is 4.48. The van der Waals surface area contributed by atoms with Gasteiger partial charge in [0.1, 0.15) is 11.1 Å². The minimum Gasteiger partial charge on any atom is -0.323 e. The van der Waals surface area contributed by atoms with Crippen molar-refractivity contribution in [2.75, 3.05) is 5.32 Å². The van der Waals surface area contributed by atoms with Crippen LogP contribution in [0.15, 0.2) is 42.5 Å². The average molecular weight is 448 g/mol. The second-order valence-electron chi connectivity index (χ2n) is 9.10. The molecule has 0 saturated heterocycles. The molecule has 158 valence electrons. The Morgan fingerprint density at radius 3 is 2.65 bits per heavy atom. The lowest BCUT2D eigenvalue weighted by Gasteiger charge is -2.33. The molecule has 4 rings (SSSR count). The summed E-state index contributed by atoms with van der Waals surface area (Å²) in [5, 5.41) is 18.6. The number of anilines is 1. The van der Waals surface area contributed by atoms with Crippen molar-refractivity contribution >= 4 is 50.3 Å². The van der Waals surface area contributed by atoms with Crippen LogP contribution in [0, 0.1) is 22.7 Å². The minimum absolute atomic E-state index is 0.209. The molecule has 2 aromatic carbocycles. The largest absolute Gasteiger partial charge is 0.323 e. The molecule has 0 aliphatic heterocycles. The second kappa shape index (κ2) is 8.41. The molecule has 4 nitrogen and oxygen atoms in total. The van der Waals surface area contributed by atoms with E-state index < -0.39 is 0 Å². The van der Waals surface area contributed by atoms with E-state index in [1.54, 1.807) is 17.4 Å². The predicted octanol–water partition coefficient (Wildman–Crippen LogP) is 6.05. The Kier molecular flexibility index (Phi) is 5.83. The maximum absolute atomic E-state index is 12.7. The van der Waals surface area contributed by atoms with Crippen molar-refractivity contribution in [3.63, 3.8) is 0 Å². The van der Waals surface area contributed by atoms with E-state index in [9.17, 15) is 10.1 Å². The molecule has 1 amide bonds. The van der Waals surface area contributed by atoms with E-state index in [2.05, 4.69) is 37.5 Å². The van der Waals surface area contributed by atoms with Gasteiger partial charge < -0.3 is 5.32 Å². The fourth-order valence-corrected chi connectivity index (χ4v) is 5.71. The number of nitrogens with one attached hydrogen (secondary N) is 2. The highest BCUT2D eigenvalue weighted by atomic mass is 32.1. The van der Waals surface area contributed by atoms with E-state index in [0.29, 0.717) is 17.0 Å². The fraction of sp³-hybridized carbons (Fsp3) is 0.320. The summed E-state index contributed by atoms with van der Waals surface area (Å²) < 4.78 is 0. The molecule has 1 atom stereocenters. The number of fused-ring (bicyclic) bond motifs is 2. The summed E-state index contributed by atoms with van der Waals surface area (Å²) in [6.45, 7) is 6.83. The zero-order valence-corrected chi connectivity index (χ0v) is 19.5. The SMILES string of the molecule is CC(C)(C)[C@@H]1CCc2c(sc(NC(=S)NC(=O)c3ccc4ccccc4c3)c2C#N)C1. The Balaban J connectivity index is 1.49. The van der Waals surface area contributed by atoms with Gasteiger partial charge in [-0.15, -0.1) is 11.3 Å². The molecule has 6 heteroatoms. The van der Waals surface area contributed by atoms with Crippen molar-refractivity contribution in [3.05, 3.63) is 64.0 Å². The molecule has 0 bridgehead atoms. The summed E-state index contributed by atoms with van der Waals surface area (Å²) in [6.07, 6.45) is 2.98. The van der Waals surface area contributed by atoms with E-state index in [-0.39, 0.29) is 16.4 Å². The van der Waals surface area contributed by atoms with E-state index in [0.717, 1.165) is 40.6 Å². The Hall–Kier alpha value is -2.75. The van der Waals surface area contributed by atoms with Crippen LogP contribution in [0.25, 0.3) is 10.8 Å². The monoisotopic (exact) mass is 447 g/mol. The van der Waals surface area contributed by atoms with Crippen molar-refractivity contribution in [2.45, 2.75) is 40.0 Å². The Bertz CT molecular complexity index is 1210. The van der Waals surface area contributed by atoms with Crippen LogP contribution in [0.3, 0.4) is 0 Å². The summed E-state index contributed by atoms with van der Waals surface area (Å²) in [5.41, 5.74) is 2.58. The highest BCUT2D eigenvalue weighted by Gasteiger charge is 2.32. The van der Waals surface area contributed by atoms with Gasteiger partial charge in [-0.3, -0.25) is 10.1 Å². The number of amides is 1. The van der Waals surface area contributed by atoms with Gasteiger partial charge in [-0.2, -0.15) is 5.26 Å². The van der Waals surface area contributed by atoms with Crippen molar-refractivity contribution < 1.29 is 4.79 Å². The maximum Gasteiger partial charge on any atom is 0.257 e. The number of thiocarbonyl (C=S) groups is 1. The van der Waals surface area contributed by atoms with E-state index >= 15 is 0 Å². The van der Waals surface area contributed by atoms with Crippen LogP contribution in [-0.4, -0.2) is 11.0 Å². The topological polar surface area (TPSA) is 64.9 Å². The van der Waals surface area contributed by atoms with Crippen LogP contribution in [0.5, 0.6) is 0 Å². The Morgan fingerprint density at radius 1 is 1.19 bits per heavy atom. The Labute approximate surface area is 192 Å². The van der Waals surface area contributed by atoms with Crippen LogP contribution in [0.1, 0.15) is 53.6 Å². The lowest BCUT2D eigenvalue weighted by atomic mass is 9.72. The van der Waals surface area contributed by atoms with Gasteiger partial charge in [-0.25, -0.2) is 0 Å².